The standard InChI is InChI=1S/C16H30N4O2.ClH/c1-12(2)7-19-16(22)20-5-3-4-13(11-20)6-15(21)18-10-14-8-17-9-14;/h12-14,17H,3-11H2,1-2H3,(H,18,21)(H,19,22);1H. The minimum absolute atomic E-state index is 0. The molecule has 2 heterocycles. The van der Waals surface area contributed by atoms with Crippen LogP contribution in [0.5, 0.6) is 0 Å². The van der Waals surface area contributed by atoms with Crippen molar-refractivity contribution in [3.8, 4) is 0 Å². The molecule has 1 unspecified atom stereocenters. The number of hydrogen-bond acceptors (Lipinski definition) is 3. The summed E-state index contributed by atoms with van der Waals surface area (Å²) in [6.45, 7) is 9.16. The van der Waals surface area contributed by atoms with Crippen molar-refractivity contribution in [1.29, 1.82) is 0 Å². The first-order valence-corrected chi connectivity index (χ1v) is 8.54. The number of hydrogen-bond donors (Lipinski definition) is 3. The lowest BCUT2D eigenvalue weighted by Gasteiger charge is -2.33. The van der Waals surface area contributed by atoms with E-state index in [0.717, 1.165) is 39.0 Å². The van der Waals surface area contributed by atoms with Crippen LogP contribution in [0.25, 0.3) is 0 Å². The maximum absolute atomic E-state index is 12.1. The number of piperidine rings is 1. The van der Waals surface area contributed by atoms with Crippen LogP contribution >= 0.6 is 12.4 Å². The first-order chi connectivity index (χ1) is 10.5. The quantitative estimate of drug-likeness (QED) is 0.677. The molecule has 0 saturated carbocycles. The van der Waals surface area contributed by atoms with Gasteiger partial charge in [0.2, 0.25) is 5.91 Å². The van der Waals surface area contributed by atoms with Gasteiger partial charge in [-0.05, 0) is 24.7 Å². The van der Waals surface area contributed by atoms with E-state index < -0.39 is 0 Å². The van der Waals surface area contributed by atoms with Crippen LogP contribution in [-0.2, 0) is 4.79 Å². The summed E-state index contributed by atoms with van der Waals surface area (Å²) in [5.74, 6) is 1.46. The van der Waals surface area contributed by atoms with Gasteiger partial charge in [0.25, 0.3) is 0 Å². The molecule has 0 radical (unpaired) electrons. The van der Waals surface area contributed by atoms with Gasteiger partial charge >= 0.3 is 6.03 Å². The number of carbonyl (C=O) groups excluding carboxylic acids is 2. The van der Waals surface area contributed by atoms with Crippen molar-refractivity contribution in [3.63, 3.8) is 0 Å². The van der Waals surface area contributed by atoms with Gasteiger partial charge in [-0.25, -0.2) is 4.79 Å². The Morgan fingerprint density at radius 3 is 2.57 bits per heavy atom. The SMILES string of the molecule is CC(C)CNC(=O)N1CCCC(CC(=O)NCC2CNC2)C1.Cl. The number of halogens is 1. The molecule has 0 aliphatic carbocycles. The highest BCUT2D eigenvalue weighted by Crippen LogP contribution is 2.19. The first-order valence-electron chi connectivity index (χ1n) is 8.54. The van der Waals surface area contributed by atoms with E-state index in [2.05, 4.69) is 29.8 Å². The third kappa shape index (κ3) is 6.96. The average molecular weight is 347 g/mol. The van der Waals surface area contributed by atoms with Crippen molar-refractivity contribution in [3.05, 3.63) is 0 Å². The molecule has 2 saturated heterocycles. The Bertz CT molecular complexity index is 388. The minimum Gasteiger partial charge on any atom is -0.356 e. The van der Waals surface area contributed by atoms with Crippen LogP contribution in [0.2, 0.25) is 0 Å². The molecule has 2 fully saturated rings. The summed E-state index contributed by atoms with van der Waals surface area (Å²) < 4.78 is 0. The van der Waals surface area contributed by atoms with E-state index in [4.69, 9.17) is 0 Å². The highest BCUT2D eigenvalue weighted by Gasteiger charge is 2.25. The Morgan fingerprint density at radius 2 is 1.96 bits per heavy atom. The zero-order chi connectivity index (χ0) is 15.9. The van der Waals surface area contributed by atoms with E-state index in [1.807, 2.05) is 4.90 Å². The van der Waals surface area contributed by atoms with Crippen molar-refractivity contribution in [1.82, 2.24) is 20.9 Å². The highest BCUT2D eigenvalue weighted by atomic mass is 35.5. The number of carbonyl (C=O) groups is 2. The largest absolute Gasteiger partial charge is 0.356 e. The molecular formula is C16H31ClN4O2. The van der Waals surface area contributed by atoms with Crippen LogP contribution in [0.1, 0.15) is 33.1 Å². The zero-order valence-corrected chi connectivity index (χ0v) is 15.1. The topological polar surface area (TPSA) is 73.5 Å². The van der Waals surface area contributed by atoms with Gasteiger partial charge in [-0.2, -0.15) is 0 Å². The predicted molar refractivity (Wildman–Crippen MR) is 93.8 cm³/mol. The summed E-state index contributed by atoms with van der Waals surface area (Å²) in [5, 5.41) is 9.18. The van der Waals surface area contributed by atoms with Gasteiger partial charge in [0.15, 0.2) is 0 Å². The maximum atomic E-state index is 12.1. The number of nitrogens with one attached hydrogen (secondary N) is 3. The van der Waals surface area contributed by atoms with E-state index in [1.54, 1.807) is 0 Å². The van der Waals surface area contributed by atoms with E-state index >= 15 is 0 Å². The fraction of sp³-hybridized carbons (Fsp3) is 0.875. The van der Waals surface area contributed by atoms with Gasteiger partial charge in [0.05, 0.1) is 0 Å². The second kappa shape index (κ2) is 9.98. The Kier molecular flexibility index (Phi) is 8.69. The van der Waals surface area contributed by atoms with Gasteiger partial charge in [-0.3, -0.25) is 4.79 Å². The summed E-state index contributed by atoms with van der Waals surface area (Å²) in [6, 6.07) is 0.0133. The second-order valence-corrected chi connectivity index (χ2v) is 7.07. The van der Waals surface area contributed by atoms with Crippen LogP contribution in [0.3, 0.4) is 0 Å². The normalized spacial score (nSPS) is 21.3. The summed E-state index contributed by atoms with van der Waals surface area (Å²) in [7, 11) is 0. The number of amides is 3. The molecular weight excluding hydrogens is 316 g/mol. The highest BCUT2D eigenvalue weighted by molar-refractivity contribution is 5.85. The molecule has 2 aliphatic rings. The molecule has 23 heavy (non-hydrogen) atoms. The fourth-order valence-corrected chi connectivity index (χ4v) is 2.90. The minimum atomic E-state index is 0. The predicted octanol–water partition coefficient (Wildman–Crippen LogP) is 1.21. The summed E-state index contributed by atoms with van der Waals surface area (Å²) in [6.07, 6.45) is 2.56. The van der Waals surface area contributed by atoms with Crippen molar-refractivity contribution < 1.29 is 9.59 Å². The van der Waals surface area contributed by atoms with Crippen molar-refractivity contribution in [2.24, 2.45) is 17.8 Å². The van der Waals surface area contributed by atoms with Crippen LogP contribution in [0.15, 0.2) is 0 Å². The lowest BCUT2D eigenvalue weighted by molar-refractivity contribution is -0.122. The number of likely N-dealkylation sites (tertiary alicyclic amines) is 1. The molecule has 0 bridgehead atoms. The van der Waals surface area contributed by atoms with Gasteiger partial charge in [-0.1, -0.05) is 13.8 Å². The lowest BCUT2D eigenvalue weighted by atomic mass is 9.94. The van der Waals surface area contributed by atoms with Gasteiger partial charge in [-0.15, -0.1) is 12.4 Å². The van der Waals surface area contributed by atoms with E-state index in [9.17, 15) is 9.59 Å². The number of rotatable bonds is 6. The van der Waals surface area contributed by atoms with E-state index in [0.29, 0.717) is 31.3 Å². The number of nitrogens with zero attached hydrogens (tertiary/aromatic N) is 1. The van der Waals surface area contributed by atoms with Gasteiger partial charge in [0, 0.05) is 51.6 Å². The maximum Gasteiger partial charge on any atom is 0.317 e. The fourth-order valence-electron chi connectivity index (χ4n) is 2.90. The molecule has 2 aliphatic heterocycles. The second-order valence-electron chi connectivity index (χ2n) is 7.07. The first kappa shape index (κ1) is 20.0. The van der Waals surface area contributed by atoms with Crippen molar-refractivity contribution in [2.45, 2.75) is 33.1 Å². The molecule has 0 aromatic rings. The molecule has 0 aromatic heterocycles. The summed E-state index contributed by atoms with van der Waals surface area (Å²) in [4.78, 5) is 26.0. The molecule has 1 atom stereocenters. The summed E-state index contributed by atoms with van der Waals surface area (Å²) >= 11 is 0. The van der Waals surface area contributed by atoms with Crippen LogP contribution in [0.4, 0.5) is 4.79 Å². The van der Waals surface area contributed by atoms with Crippen molar-refractivity contribution >= 4 is 24.3 Å². The van der Waals surface area contributed by atoms with E-state index in [1.165, 1.54) is 0 Å². The van der Waals surface area contributed by atoms with E-state index in [-0.39, 0.29) is 30.3 Å². The van der Waals surface area contributed by atoms with Crippen LogP contribution in [0, 0.1) is 17.8 Å². The van der Waals surface area contributed by atoms with Gasteiger partial charge in [0.1, 0.15) is 0 Å². The smallest absolute Gasteiger partial charge is 0.317 e. The third-order valence-electron chi connectivity index (χ3n) is 4.40. The van der Waals surface area contributed by atoms with Crippen LogP contribution in [-0.4, -0.2) is 56.1 Å². The molecule has 134 valence electrons. The number of urea groups is 1. The lowest BCUT2D eigenvalue weighted by Crippen LogP contribution is -2.49. The molecule has 0 aromatic carbocycles. The Morgan fingerprint density at radius 1 is 1.22 bits per heavy atom. The average Bonchev–Trinajstić information content (AvgIpc) is 2.43. The Balaban J connectivity index is 0.00000264. The Labute approximate surface area is 145 Å². The third-order valence-corrected chi connectivity index (χ3v) is 4.40. The molecule has 2 rings (SSSR count). The molecule has 0 spiro atoms. The zero-order valence-electron chi connectivity index (χ0n) is 14.3. The van der Waals surface area contributed by atoms with Crippen molar-refractivity contribution in [2.75, 3.05) is 39.3 Å². The monoisotopic (exact) mass is 346 g/mol. The molecule has 6 nitrogen and oxygen atoms in total. The summed E-state index contributed by atoms with van der Waals surface area (Å²) in [5.41, 5.74) is 0. The van der Waals surface area contributed by atoms with Crippen LogP contribution < -0.4 is 16.0 Å². The Hall–Kier alpha value is -1.01. The molecule has 3 N–H and O–H groups in total. The molecule has 3 amide bonds. The molecule has 7 heteroatoms. The van der Waals surface area contributed by atoms with Gasteiger partial charge < -0.3 is 20.9 Å².